The number of nitrogens with one attached hydrogen (secondary N) is 3. The van der Waals surface area contributed by atoms with Crippen molar-refractivity contribution in [3.8, 4) is 11.8 Å². The van der Waals surface area contributed by atoms with E-state index in [4.69, 9.17) is 9.73 Å². The minimum atomic E-state index is -0.213. The van der Waals surface area contributed by atoms with Crippen molar-refractivity contribution < 1.29 is 4.74 Å². The van der Waals surface area contributed by atoms with Crippen LogP contribution in [-0.2, 0) is 0 Å². The largest absolute Gasteiger partial charge is 0.497 e. The van der Waals surface area contributed by atoms with Crippen LogP contribution in [0, 0.1) is 18.3 Å². The average Bonchev–Trinajstić information content (AvgIpc) is 3.50. The van der Waals surface area contributed by atoms with Crippen LogP contribution in [0.4, 0.5) is 5.69 Å². The van der Waals surface area contributed by atoms with Gasteiger partial charge >= 0.3 is 0 Å². The fraction of sp³-hybridized carbons (Fsp3) is 0.179. The van der Waals surface area contributed by atoms with Gasteiger partial charge in [-0.1, -0.05) is 18.2 Å². The molecule has 0 saturated carbocycles. The molecule has 0 radical (unpaired) electrons. The Morgan fingerprint density at radius 1 is 1.05 bits per heavy atom. The second-order valence-corrected chi connectivity index (χ2v) is 9.16. The topological polar surface area (TPSA) is 110 Å². The predicted molar refractivity (Wildman–Crippen MR) is 144 cm³/mol. The molecular weight excluding hydrogens is 466 g/mol. The van der Waals surface area contributed by atoms with Crippen molar-refractivity contribution in [3.05, 3.63) is 99.0 Å². The van der Waals surface area contributed by atoms with Crippen LogP contribution in [0.25, 0.3) is 16.7 Å². The van der Waals surface area contributed by atoms with Crippen LogP contribution in [0.5, 0.6) is 5.75 Å². The van der Waals surface area contributed by atoms with Crippen LogP contribution < -0.4 is 26.3 Å². The Morgan fingerprint density at radius 2 is 1.78 bits per heavy atom. The van der Waals surface area contributed by atoms with E-state index in [-0.39, 0.29) is 17.6 Å². The summed E-state index contributed by atoms with van der Waals surface area (Å²) in [6, 6.07) is 17.6. The zero-order chi connectivity index (χ0) is 25.7. The number of aromatic amines is 1. The molecule has 2 unspecified atom stereocenters. The van der Waals surface area contributed by atoms with Gasteiger partial charge < -0.3 is 9.72 Å². The highest BCUT2D eigenvalue weighted by Gasteiger charge is 2.32. The van der Waals surface area contributed by atoms with Crippen LogP contribution in [-0.4, -0.2) is 34.8 Å². The maximum absolute atomic E-state index is 13.5. The summed E-state index contributed by atoms with van der Waals surface area (Å²) >= 11 is 0. The quantitative estimate of drug-likeness (QED) is 0.377. The van der Waals surface area contributed by atoms with Crippen LogP contribution in [0.2, 0.25) is 0 Å². The van der Waals surface area contributed by atoms with E-state index in [0.29, 0.717) is 22.3 Å². The van der Waals surface area contributed by atoms with E-state index in [1.807, 2.05) is 60.6 Å². The molecule has 0 bridgehead atoms. The van der Waals surface area contributed by atoms with Crippen molar-refractivity contribution in [1.82, 2.24) is 20.2 Å². The fourth-order valence-electron chi connectivity index (χ4n) is 4.94. The third-order valence-electron chi connectivity index (χ3n) is 6.96. The number of para-hydroxylation sites is 2. The first-order valence-electron chi connectivity index (χ1n) is 12.0. The molecule has 6 rings (SSSR count). The van der Waals surface area contributed by atoms with Gasteiger partial charge in [0.1, 0.15) is 17.5 Å². The number of hydrogen-bond acceptors (Lipinski definition) is 7. The standard InChI is InChI=1S/C28H25N7O2/c1-16-12-24-25(33-35(32-24)18-8-10-19(37-3)11-9-18)13-23(16)30-15-21-17(2)20(14-29)27-31-22-6-4-5-7-26(22)34(27)28(21)36/h4-13,15,24-25,31-33H,1-3H3. The van der Waals surface area contributed by atoms with Crippen molar-refractivity contribution in [3.63, 3.8) is 0 Å². The monoisotopic (exact) mass is 491 g/mol. The molecule has 1 aliphatic heterocycles. The molecule has 0 spiro atoms. The number of rotatable bonds is 4. The van der Waals surface area contributed by atoms with Crippen molar-refractivity contribution in [1.29, 1.82) is 5.26 Å². The second kappa shape index (κ2) is 8.78. The summed E-state index contributed by atoms with van der Waals surface area (Å²) in [7, 11) is 1.64. The SMILES string of the molecule is COc1ccc(N2NC3C=C(C)C(N=Cc4c(C)c(C#N)c5[nH]c6ccccc6n5c4=O)=CC3N2)cc1. The van der Waals surface area contributed by atoms with E-state index in [1.54, 1.807) is 24.6 Å². The summed E-state index contributed by atoms with van der Waals surface area (Å²) in [6.45, 7) is 3.79. The molecule has 2 aliphatic rings. The molecule has 4 aromatic rings. The molecule has 9 nitrogen and oxygen atoms in total. The van der Waals surface area contributed by atoms with Gasteiger partial charge in [-0.2, -0.15) is 5.26 Å². The lowest BCUT2D eigenvalue weighted by Crippen LogP contribution is -2.40. The zero-order valence-corrected chi connectivity index (χ0v) is 20.6. The summed E-state index contributed by atoms with van der Waals surface area (Å²) < 4.78 is 6.81. The van der Waals surface area contributed by atoms with E-state index < -0.39 is 0 Å². The third kappa shape index (κ3) is 3.71. The summed E-state index contributed by atoms with van der Waals surface area (Å²) in [6.07, 6.45) is 5.76. The molecule has 9 heteroatoms. The number of imidazole rings is 1. The molecule has 1 aliphatic carbocycles. The molecule has 3 heterocycles. The van der Waals surface area contributed by atoms with Gasteiger partial charge in [-0.3, -0.25) is 14.2 Å². The number of aromatic nitrogens is 2. The number of ether oxygens (including phenoxy) is 1. The minimum Gasteiger partial charge on any atom is -0.497 e. The Labute approximate surface area is 212 Å². The molecule has 1 saturated heterocycles. The van der Waals surface area contributed by atoms with Crippen molar-refractivity contribution in [2.24, 2.45) is 4.99 Å². The highest BCUT2D eigenvalue weighted by Crippen LogP contribution is 2.27. The lowest BCUT2D eigenvalue weighted by Gasteiger charge is -2.18. The highest BCUT2D eigenvalue weighted by atomic mass is 16.5. The van der Waals surface area contributed by atoms with Crippen LogP contribution in [0.15, 0.2) is 81.7 Å². The first kappa shape index (κ1) is 22.8. The van der Waals surface area contributed by atoms with Crippen LogP contribution in [0.3, 0.4) is 0 Å². The molecule has 1 fully saturated rings. The highest BCUT2D eigenvalue weighted by molar-refractivity contribution is 5.89. The van der Waals surface area contributed by atoms with Crippen molar-refractivity contribution in [2.75, 3.05) is 12.2 Å². The van der Waals surface area contributed by atoms with Gasteiger partial charge in [0.15, 0.2) is 0 Å². The number of nitrogens with zero attached hydrogens (tertiary/aromatic N) is 4. The molecule has 0 amide bonds. The first-order chi connectivity index (χ1) is 18.0. The Bertz CT molecular complexity index is 1730. The lowest BCUT2D eigenvalue weighted by molar-refractivity contribution is 0.414. The van der Waals surface area contributed by atoms with Gasteiger partial charge in [0.05, 0.1) is 52.7 Å². The number of allylic oxidation sites excluding steroid dienone is 1. The molecular formula is C28H25N7O2. The Balaban J connectivity index is 1.35. The minimum absolute atomic E-state index is 0.0223. The molecule has 2 aromatic heterocycles. The van der Waals surface area contributed by atoms with Gasteiger partial charge in [-0.05, 0) is 67.5 Å². The Kier molecular flexibility index (Phi) is 5.41. The van der Waals surface area contributed by atoms with Crippen LogP contribution >= 0.6 is 0 Å². The number of hydrazine groups is 2. The van der Waals surface area contributed by atoms with E-state index in [0.717, 1.165) is 33.7 Å². The lowest BCUT2D eigenvalue weighted by atomic mass is 9.97. The van der Waals surface area contributed by atoms with E-state index >= 15 is 0 Å². The Hall–Kier alpha value is -4.65. The Morgan fingerprint density at radius 3 is 2.51 bits per heavy atom. The van der Waals surface area contributed by atoms with Gasteiger partial charge in [-0.25, -0.2) is 16.0 Å². The van der Waals surface area contributed by atoms with Gasteiger partial charge in [-0.15, -0.1) is 0 Å². The summed E-state index contributed by atoms with van der Waals surface area (Å²) in [5.41, 5.74) is 12.9. The van der Waals surface area contributed by atoms with Gasteiger partial charge in [0.25, 0.3) is 5.56 Å². The number of nitriles is 1. The normalized spacial score (nSPS) is 19.2. The van der Waals surface area contributed by atoms with Crippen molar-refractivity contribution >= 4 is 28.6 Å². The number of pyridine rings is 1. The summed E-state index contributed by atoms with van der Waals surface area (Å²) in [5.74, 6) is 0.796. The number of aliphatic imine (C=N–C) groups is 1. The molecule has 37 heavy (non-hydrogen) atoms. The second-order valence-electron chi connectivity index (χ2n) is 9.16. The van der Waals surface area contributed by atoms with Crippen molar-refractivity contribution in [2.45, 2.75) is 25.9 Å². The number of H-pyrrole nitrogens is 1. The van der Waals surface area contributed by atoms with Gasteiger partial charge in [0.2, 0.25) is 0 Å². The third-order valence-corrected chi connectivity index (χ3v) is 6.96. The number of methoxy groups -OCH3 is 1. The molecule has 184 valence electrons. The molecule has 2 aromatic carbocycles. The summed E-state index contributed by atoms with van der Waals surface area (Å²) in [4.78, 5) is 21.5. The maximum Gasteiger partial charge on any atom is 0.265 e. The van der Waals surface area contributed by atoms with E-state index in [2.05, 4.69) is 34.1 Å². The predicted octanol–water partition coefficient (Wildman–Crippen LogP) is 3.50. The van der Waals surface area contributed by atoms with Gasteiger partial charge in [0, 0.05) is 6.21 Å². The van der Waals surface area contributed by atoms with E-state index in [1.165, 1.54) is 0 Å². The average molecular weight is 492 g/mol. The number of hydrogen-bond donors (Lipinski definition) is 3. The maximum atomic E-state index is 13.5. The summed E-state index contributed by atoms with van der Waals surface area (Å²) in [5, 5.41) is 11.8. The molecule has 3 N–H and O–H groups in total. The first-order valence-corrected chi connectivity index (χ1v) is 12.0. The number of anilines is 1. The zero-order valence-electron chi connectivity index (χ0n) is 20.6. The van der Waals surface area contributed by atoms with E-state index in [9.17, 15) is 10.1 Å². The molecule has 2 atom stereocenters. The smallest absolute Gasteiger partial charge is 0.265 e. The fourth-order valence-corrected chi connectivity index (χ4v) is 4.94. The van der Waals surface area contributed by atoms with Crippen LogP contribution in [0.1, 0.15) is 23.6 Å². The number of fused-ring (bicyclic) bond motifs is 4. The number of benzene rings is 2.